The minimum Gasteiger partial charge on any atom is -0.394 e. The predicted molar refractivity (Wildman–Crippen MR) is 73.4 cm³/mol. The van der Waals surface area contributed by atoms with Crippen LogP contribution in [0.2, 0.25) is 0 Å². The molecule has 0 saturated heterocycles. The Morgan fingerprint density at radius 1 is 1.22 bits per heavy atom. The Hall–Kier alpha value is -1.35. The van der Waals surface area contributed by atoms with E-state index in [0.29, 0.717) is 6.42 Å². The van der Waals surface area contributed by atoms with Crippen LogP contribution in [-0.4, -0.2) is 23.7 Å². The molecule has 0 spiro atoms. The summed E-state index contributed by atoms with van der Waals surface area (Å²) in [6.07, 6.45) is 3.02. The molecule has 0 aliphatic carbocycles. The Morgan fingerprint density at radius 2 is 1.83 bits per heavy atom. The molecule has 1 aromatic carbocycles. The molecule has 1 aromatic rings. The number of nitrogens with one attached hydrogen (secondary N) is 1. The summed E-state index contributed by atoms with van der Waals surface area (Å²) in [5, 5.41) is 11.8. The van der Waals surface area contributed by atoms with E-state index < -0.39 is 0 Å². The Balaban J connectivity index is 2.37. The van der Waals surface area contributed by atoms with Crippen LogP contribution in [-0.2, 0) is 17.6 Å². The molecule has 18 heavy (non-hydrogen) atoms. The maximum absolute atomic E-state index is 11.6. The number of aliphatic hydroxyl groups is 1. The van der Waals surface area contributed by atoms with Crippen molar-refractivity contribution in [2.45, 2.75) is 45.6 Å². The predicted octanol–water partition coefficient (Wildman–Crippen LogP) is 2.07. The van der Waals surface area contributed by atoms with Crippen LogP contribution in [0.4, 0.5) is 0 Å². The van der Waals surface area contributed by atoms with Crippen LogP contribution >= 0.6 is 0 Å². The zero-order valence-corrected chi connectivity index (χ0v) is 11.3. The summed E-state index contributed by atoms with van der Waals surface area (Å²) in [5.74, 6) is 0.00969. The molecule has 2 N–H and O–H groups in total. The first-order valence-electron chi connectivity index (χ1n) is 6.67. The van der Waals surface area contributed by atoms with Gasteiger partial charge in [-0.25, -0.2) is 0 Å². The molecule has 0 aliphatic rings. The van der Waals surface area contributed by atoms with Gasteiger partial charge in [0.15, 0.2) is 0 Å². The standard InChI is InChI=1S/C15H23NO2/c1-3-12-5-7-13(8-6-12)9-10-15(18)16-14(4-2)11-17/h5-8,14,17H,3-4,9-11H2,1-2H3,(H,16,18). The molecule has 1 atom stereocenters. The zero-order chi connectivity index (χ0) is 13.4. The first-order valence-corrected chi connectivity index (χ1v) is 6.67. The highest BCUT2D eigenvalue weighted by Crippen LogP contribution is 2.07. The number of rotatable bonds is 7. The van der Waals surface area contributed by atoms with E-state index in [9.17, 15) is 4.79 Å². The largest absolute Gasteiger partial charge is 0.394 e. The van der Waals surface area contributed by atoms with Crippen LogP contribution in [0.3, 0.4) is 0 Å². The molecule has 0 bridgehead atoms. The van der Waals surface area contributed by atoms with E-state index in [1.165, 1.54) is 11.1 Å². The summed E-state index contributed by atoms with van der Waals surface area (Å²) in [6, 6.07) is 8.26. The molecular weight excluding hydrogens is 226 g/mol. The third kappa shape index (κ3) is 4.88. The highest BCUT2D eigenvalue weighted by molar-refractivity contribution is 5.76. The van der Waals surface area contributed by atoms with E-state index in [2.05, 4.69) is 36.5 Å². The minimum absolute atomic E-state index is 0.00738. The molecule has 0 fully saturated rings. The quantitative estimate of drug-likeness (QED) is 0.777. The van der Waals surface area contributed by atoms with Gasteiger partial charge in [0.05, 0.1) is 12.6 Å². The third-order valence-corrected chi connectivity index (χ3v) is 3.15. The Bertz CT molecular complexity index is 355. The minimum atomic E-state index is -0.111. The van der Waals surface area contributed by atoms with E-state index in [0.717, 1.165) is 19.3 Å². The van der Waals surface area contributed by atoms with Gasteiger partial charge in [-0.15, -0.1) is 0 Å². The van der Waals surface area contributed by atoms with Gasteiger partial charge < -0.3 is 10.4 Å². The van der Waals surface area contributed by atoms with Crippen molar-refractivity contribution >= 4 is 5.91 Å². The van der Waals surface area contributed by atoms with Crippen LogP contribution in [0.25, 0.3) is 0 Å². The Labute approximate surface area is 109 Å². The van der Waals surface area contributed by atoms with Gasteiger partial charge in [0.1, 0.15) is 0 Å². The average Bonchev–Trinajstić information content (AvgIpc) is 2.43. The highest BCUT2D eigenvalue weighted by Gasteiger charge is 2.08. The SMILES string of the molecule is CCc1ccc(CCC(=O)NC(CC)CO)cc1. The van der Waals surface area contributed by atoms with Crippen molar-refractivity contribution in [1.29, 1.82) is 0 Å². The van der Waals surface area contributed by atoms with Gasteiger partial charge >= 0.3 is 0 Å². The molecule has 0 radical (unpaired) electrons. The number of benzene rings is 1. The summed E-state index contributed by atoms with van der Waals surface area (Å²) in [6.45, 7) is 4.08. The number of aliphatic hydroxyl groups excluding tert-OH is 1. The summed E-state index contributed by atoms with van der Waals surface area (Å²) in [7, 11) is 0. The van der Waals surface area contributed by atoms with E-state index in [-0.39, 0.29) is 18.6 Å². The van der Waals surface area contributed by atoms with E-state index in [1.54, 1.807) is 0 Å². The molecule has 1 unspecified atom stereocenters. The fraction of sp³-hybridized carbons (Fsp3) is 0.533. The van der Waals surface area contributed by atoms with Crippen LogP contribution in [0.15, 0.2) is 24.3 Å². The number of hydrogen-bond acceptors (Lipinski definition) is 2. The number of hydrogen-bond donors (Lipinski definition) is 2. The number of aryl methyl sites for hydroxylation is 2. The molecule has 0 aromatic heterocycles. The van der Waals surface area contributed by atoms with Gasteiger partial charge in [-0.1, -0.05) is 38.1 Å². The fourth-order valence-corrected chi connectivity index (χ4v) is 1.78. The molecule has 0 heterocycles. The second-order valence-electron chi connectivity index (χ2n) is 4.53. The smallest absolute Gasteiger partial charge is 0.220 e. The van der Waals surface area contributed by atoms with Gasteiger partial charge in [-0.2, -0.15) is 0 Å². The maximum Gasteiger partial charge on any atom is 0.220 e. The zero-order valence-electron chi connectivity index (χ0n) is 11.3. The third-order valence-electron chi connectivity index (χ3n) is 3.15. The van der Waals surface area contributed by atoms with Crippen molar-refractivity contribution < 1.29 is 9.90 Å². The molecule has 0 aliphatic heterocycles. The van der Waals surface area contributed by atoms with Crippen LogP contribution in [0, 0.1) is 0 Å². The lowest BCUT2D eigenvalue weighted by Crippen LogP contribution is -2.36. The normalized spacial score (nSPS) is 12.2. The molecular formula is C15H23NO2. The Kier molecular flexibility index (Phi) is 6.44. The van der Waals surface area contributed by atoms with E-state index >= 15 is 0 Å². The number of carbonyl (C=O) groups is 1. The second-order valence-corrected chi connectivity index (χ2v) is 4.53. The first-order chi connectivity index (χ1) is 8.69. The lowest BCUT2D eigenvalue weighted by Gasteiger charge is -2.13. The van der Waals surface area contributed by atoms with Gasteiger partial charge in [-0.3, -0.25) is 4.79 Å². The fourth-order valence-electron chi connectivity index (χ4n) is 1.78. The van der Waals surface area contributed by atoms with Gasteiger partial charge in [0.25, 0.3) is 0 Å². The molecule has 3 nitrogen and oxygen atoms in total. The molecule has 1 rings (SSSR count). The summed E-state index contributed by atoms with van der Waals surface area (Å²) in [4.78, 5) is 11.6. The lowest BCUT2D eigenvalue weighted by atomic mass is 10.1. The van der Waals surface area contributed by atoms with Gasteiger partial charge in [0.2, 0.25) is 5.91 Å². The summed E-state index contributed by atoms with van der Waals surface area (Å²) in [5.41, 5.74) is 2.49. The van der Waals surface area contributed by atoms with Crippen molar-refractivity contribution in [1.82, 2.24) is 5.32 Å². The van der Waals surface area contributed by atoms with Crippen molar-refractivity contribution in [2.75, 3.05) is 6.61 Å². The average molecular weight is 249 g/mol. The van der Waals surface area contributed by atoms with Crippen LogP contribution in [0.1, 0.15) is 37.8 Å². The van der Waals surface area contributed by atoms with Gasteiger partial charge in [0, 0.05) is 6.42 Å². The Morgan fingerprint density at radius 3 is 2.33 bits per heavy atom. The van der Waals surface area contributed by atoms with Crippen molar-refractivity contribution in [3.8, 4) is 0 Å². The number of amides is 1. The summed E-state index contributed by atoms with van der Waals surface area (Å²) >= 11 is 0. The van der Waals surface area contributed by atoms with Crippen LogP contribution in [0.5, 0.6) is 0 Å². The van der Waals surface area contributed by atoms with Crippen molar-refractivity contribution in [3.05, 3.63) is 35.4 Å². The number of carbonyl (C=O) groups excluding carboxylic acids is 1. The lowest BCUT2D eigenvalue weighted by molar-refractivity contribution is -0.122. The van der Waals surface area contributed by atoms with E-state index in [4.69, 9.17) is 5.11 Å². The van der Waals surface area contributed by atoms with Crippen molar-refractivity contribution in [3.63, 3.8) is 0 Å². The monoisotopic (exact) mass is 249 g/mol. The molecule has 100 valence electrons. The topological polar surface area (TPSA) is 49.3 Å². The van der Waals surface area contributed by atoms with Crippen molar-refractivity contribution in [2.24, 2.45) is 0 Å². The second kappa shape index (κ2) is 7.88. The van der Waals surface area contributed by atoms with Crippen LogP contribution < -0.4 is 5.32 Å². The van der Waals surface area contributed by atoms with Gasteiger partial charge in [-0.05, 0) is 30.4 Å². The highest BCUT2D eigenvalue weighted by atomic mass is 16.3. The first kappa shape index (κ1) is 14.7. The van der Waals surface area contributed by atoms with E-state index in [1.807, 2.05) is 6.92 Å². The maximum atomic E-state index is 11.6. The summed E-state index contributed by atoms with van der Waals surface area (Å²) < 4.78 is 0. The molecule has 3 heteroatoms. The molecule has 1 amide bonds. The molecule has 0 saturated carbocycles.